The fourth-order valence-corrected chi connectivity index (χ4v) is 4.22. The Kier molecular flexibility index (Phi) is 3.13. The number of hydrogen-bond acceptors (Lipinski definition) is 5. The minimum absolute atomic E-state index is 0.0903. The molecule has 138 valence electrons. The summed E-state index contributed by atoms with van der Waals surface area (Å²) in [5.41, 5.74) is 1.44. The smallest absolute Gasteiger partial charge is 0.272 e. The molecule has 0 radical (unpaired) electrons. The van der Waals surface area contributed by atoms with Gasteiger partial charge in [-0.1, -0.05) is 5.16 Å². The van der Waals surface area contributed by atoms with Crippen LogP contribution in [0.15, 0.2) is 41.5 Å². The van der Waals surface area contributed by atoms with Crippen molar-refractivity contribution in [3.63, 3.8) is 0 Å². The zero-order chi connectivity index (χ0) is 18.8. The Balaban J connectivity index is 1.70. The summed E-state index contributed by atoms with van der Waals surface area (Å²) in [5, 5.41) is 8.12. The van der Waals surface area contributed by atoms with E-state index in [1.54, 1.807) is 27.6 Å². The first-order chi connectivity index (χ1) is 13.0. The van der Waals surface area contributed by atoms with Crippen molar-refractivity contribution in [1.82, 2.24) is 29.3 Å². The van der Waals surface area contributed by atoms with Gasteiger partial charge in [-0.15, -0.1) is 0 Å². The van der Waals surface area contributed by atoms with E-state index in [1.165, 1.54) is 6.26 Å². The predicted octanol–water partition coefficient (Wildman–Crippen LogP) is 0.983. The first-order valence-electron chi connectivity index (χ1n) is 8.71. The molecule has 9 nitrogen and oxygen atoms in total. The molecule has 0 aromatic carbocycles. The molecule has 0 aliphatic carbocycles. The van der Waals surface area contributed by atoms with E-state index in [0.29, 0.717) is 36.6 Å². The van der Waals surface area contributed by atoms with Crippen LogP contribution in [0.1, 0.15) is 32.1 Å². The predicted molar refractivity (Wildman–Crippen MR) is 92.6 cm³/mol. The minimum atomic E-state index is -0.932. The molecule has 5 rings (SSSR count). The van der Waals surface area contributed by atoms with Crippen LogP contribution in [0.5, 0.6) is 0 Å². The molecule has 3 aromatic rings. The second-order valence-corrected chi connectivity index (χ2v) is 6.97. The zero-order valence-electron chi connectivity index (χ0n) is 15.0. The van der Waals surface area contributed by atoms with E-state index in [0.717, 1.165) is 5.56 Å². The Morgan fingerprint density at radius 3 is 2.89 bits per heavy atom. The van der Waals surface area contributed by atoms with E-state index < -0.39 is 5.66 Å². The fourth-order valence-electron chi connectivity index (χ4n) is 4.22. The molecule has 2 amide bonds. The zero-order valence-corrected chi connectivity index (χ0v) is 15.0. The summed E-state index contributed by atoms with van der Waals surface area (Å²) in [5.74, 6) is -0.295. The summed E-state index contributed by atoms with van der Waals surface area (Å²) in [6.45, 7) is 3.06. The number of carbonyl (C=O) groups is 2. The van der Waals surface area contributed by atoms with Crippen molar-refractivity contribution >= 4 is 11.8 Å². The van der Waals surface area contributed by atoms with E-state index in [4.69, 9.17) is 4.52 Å². The molecule has 1 saturated heterocycles. The molecule has 0 bridgehead atoms. The summed E-state index contributed by atoms with van der Waals surface area (Å²) in [4.78, 5) is 30.1. The van der Waals surface area contributed by atoms with Gasteiger partial charge in [0, 0.05) is 38.1 Å². The van der Waals surface area contributed by atoms with Crippen LogP contribution >= 0.6 is 0 Å². The van der Waals surface area contributed by atoms with Crippen molar-refractivity contribution in [3.05, 3.63) is 59.5 Å². The second-order valence-electron chi connectivity index (χ2n) is 6.97. The Morgan fingerprint density at radius 2 is 2.19 bits per heavy atom. The van der Waals surface area contributed by atoms with Crippen LogP contribution in [0.4, 0.5) is 0 Å². The van der Waals surface area contributed by atoms with Crippen LogP contribution in [0.25, 0.3) is 0 Å². The van der Waals surface area contributed by atoms with Gasteiger partial charge >= 0.3 is 0 Å². The van der Waals surface area contributed by atoms with Gasteiger partial charge in [0.1, 0.15) is 17.5 Å². The van der Waals surface area contributed by atoms with Gasteiger partial charge in [-0.25, -0.2) is 0 Å². The number of rotatable bonds is 2. The molecule has 3 aromatic heterocycles. The summed E-state index contributed by atoms with van der Waals surface area (Å²) >= 11 is 0. The van der Waals surface area contributed by atoms with Crippen molar-refractivity contribution in [3.8, 4) is 0 Å². The van der Waals surface area contributed by atoms with Gasteiger partial charge in [-0.3, -0.25) is 14.3 Å². The summed E-state index contributed by atoms with van der Waals surface area (Å²) < 4.78 is 8.55. The molecule has 1 unspecified atom stereocenters. The topological polar surface area (TPSA) is 89.4 Å². The normalized spacial score (nSPS) is 21.5. The maximum Gasteiger partial charge on any atom is 0.272 e. The van der Waals surface area contributed by atoms with Gasteiger partial charge in [0.25, 0.3) is 11.8 Å². The highest BCUT2D eigenvalue weighted by atomic mass is 16.5. The molecular weight excluding hydrogens is 348 g/mol. The number of carbonyl (C=O) groups excluding carboxylic acids is 2. The van der Waals surface area contributed by atoms with E-state index in [-0.39, 0.29) is 11.8 Å². The Bertz CT molecular complexity index is 1060. The third kappa shape index (κ3) is 1.99. The van der Waals surface area contributed by atoms with Gasteiger partial charge in [0.05, 0.1) is 18.4 Å². The summed E-state index contributed by atoms with van der Waals surface area (Å²) in [6, 6.07) is 3.66. The monoisotopic (exact) mass is 366 g/mol. The Labute approximate surface area is 154 Å². The highest BCUT2D eigenvalue weighted by Crippen LogP contribution is 2.43. The van der Waals surface area contributed by atoms with Crippen LogP contribution < -0.4 is 0 Å². The lowest BCUT2D eigenvalue weighted by Gasteiger charge is -2.46. The molecule has 1 fully saturated rings. The number of hydrogen-bond donors (Lipinski definition) is 0. The number of aryl methyl sites for hydroxylation is 2. The van der Waals surface area contributed by atoms with Crippen LogP contribution in [-0.4, -0.2) is 54.2 Å². The highest BCUT2D eigenvalue weighted by molar-refractivity contribution is 5.98. The van der Waals surface area contributed by atoms with Crippen molar-refractivity contribution in [2.45, 2.75) is 19.1 Å². The highest BCUT2D eigenvalue weighted by Gasteiger charge is 2.56. The van der Waals surface area contributed by atoms with Gasteiger partial charge in [-0.2, -0.15) is 5.10 Å². The average Bonchev–Trinajstić information content (AvgIpc) is 3.40. The van der Waals surface area contributed by atoms with E-state index in [9.17, 15) is 9.59 Å². The van der Waals surface area contributed by atoms with E-state index >= 15 is 0 Å². The molecule has 0 saturated carbocycles. The number of fused-ring (bicyclic) bond motifs is 2. The third-order valence-corrected chi connectivity index (χ3v) is 5.52. The molecule has 9 heteroatoms. The molecule has 0 spiro atoms. The lowest BCUT2D eigenvalue weighted by molar-refractivity contribution is -0.00600. The SMILES string of the molecule is Cc1nocc1C(=O)N1CCN2C(=O)c3cccn3CC12c1cnn(C)c1. The molecule has 27 heavy (non-hydrogen) atoms. The quantitative estimate of drug-likeness (QED) is 0.675. The first-order valence-corrected chi connectivity index (χ1v) is 8.71. The molecular formula is C18H18N6O3. The van der Waals surface area contributed by atoms with Gasteiger partial charge < -0.3 is 18.9 Å². The van der Waals surface area contributed by atoms with Crippen LogP contribution in [0.3, 0.4) is 0 Å². The molecule has 1 atom stereocenters. The molecule has 2 aliphatic heterocycles. The minimum Gasteiger partial charge on any atom is -0.364 e. The maximum absolute atomic E-state index is 13.4. The van der Waals surface area contributed by atoms with Crippen LogP contribution in [-0.2, 0) is 19.3 Å². The van der Waals surface area contributed by atoms with Crippen molar-refractivity contribution in [2.75, 3.05) is 13.1 Å². The number of nitrogens with zero attached hydrogens (tertiary/aromatic N) is 6. The van der Waals surface area contributed by atoms with Crippen LogP contribution in [0, 0.1) is 6.92 Å². The second kappa shape index (κ2) is 5.32. The van der Waals surface area contributed by atoms with Crippen LogP contribution in [0.2, 0.25) is 0 Å². The van der Waals surface area contributed by atoms with Gasteiger partial charge in [-0.05, 0) is 19.1 Å². The maximum atomic E-state index is 13.4. The third-order valence-electron chi connectivity index (χ3n) is 5.52. The molecule has 5 heterocycles. The average molecular weight is 366 g/mol. The van der Waals surface area contributed by atoms with Gasteiger partial charge in [0.2, 0.25) is 0 Å². The Hall–Kier alpha value is -3.36. The Morgan fingerprint density at radius 1 is 1.33 bits per heavy atom. The largest absolute Gasteiger partial charge is 0.364 e. The van der Waals surface area contributed by atoms with Crippen molar-refractivity contribution in [1.29, 1.82) is 0 Å². The lowest BCUT2D eigenvalue weighted by Crippen LogP contribution is -2.59. The van der Waals surface area contributed by atoms with E-state index in [1.807, 2.05) is 36.1 Å². The number of amides is 2. The summed E-state index contributed by atoms with van der Waals surface area (Å²) in [7, 11) is 1.82. The van der Waals surface area contributed by atoms with E-state index in [2.05, 4.69) is 10.3 Å². The molecule has 2 aliphatic rings. The number of aromatic nitrogens is 4. The standard InChI is InChI=1S/C18H18N6O3/c1-12-14(10-27-20-12)16(25)23-6-7-24-17(26)15-4-3-5-22(15)11-18(23,24)13-8-19-21(2)9-13/h3-5,8-10H,6-7,11H2,1-2H3. The molecule has 0 N–H and O–H groups in total. The first kappa shape index (κ1) is 15.9. The van der Waals surface area contributed by atoms with Gasteiger partial charge in [0.15, 0.2) is 5.66 Å². The lowest BCUT2D eigenvalue weighted by atomic mass is 9.96. The fraction of sp³-hybridized carbons (Fsp3) is 0.333. The van der Waals surface area contributed by atoms with Crippen molar-refractivity contribution < 1.29 is 14.1 Å². The van der Waals surface area contributed by atoms with Crippen molar-refractivity contribution in [2.24, 2.45) is 7.05 Å². The summed E-state index contributed by atoms with van der Waals surface area (Å²) in [6.07, 6.45) is 6.82.